The molecule has 0 saturated heterocycles. The fraction of sp³-hybridized carbons (Fsp3) is 0.357. The Morgan fingerprint density at radius 3 is 2.52 bits per heavy atom. The molecule has 0 saturated carbocycles. The van der Waals surface area contributed by atoms with Crippen molar-refractivity contribution in [2.45, 2.75) is 26.6 Å². The third kappa shape index (κ3) is 4.03. The number of aliphatic hydroxyl groups excluding tert-OH is 1. The first-order valence-electron chi connectivity index (χ1n) is 6.59. The number of aliphatic hydroxyl groups is 1. The van der Waals surface area contributed by atoms with Gasteiger partial charge in [-0.25, -0.2) is 0 Å². The Labute approximate surface area is 123 Å². The molecule has 1 aromatic carbocycles. The first kappa shape index (κ1) is 15.0. The van der Waals surface area contributed by atoms with Crippen LogP contribution in [-0.2, 0) is 6.61 Å². The Bertz CT molecular complexity index is 605. The minimum absolute atomic E-state index is 0.0605. The molecular formula is C14H18N4O3. The van der Waals surface area contributed by atoms with Crippen LogP contribution in [0.1, 0.15) is 19.4 Å². The first-order chi connectivity index (χ1) is 10.1. The Morgan fingerprint density at radius 2 is 1.86 bits per heavy atom. The maximum Gasteiger partial charge on any atom is 0.330 e. The van der Waals surface area contributed by atoms with Crippen molar-refractivity contribution in [2.75, 3.05) is 12.4 Å². The molecule has 1 aromatic heterocycles. The molecule has 0 amide bonds. The molecule has 21 heavy (non-hydrogen) atoms. The average molecular weight is 290 g/mol. The van der Waals surface area contributed by atoms with Gasteiger partial charge in [0.15, 0.2) is 0 Å². The number of hydrogen-bond donors (Lipinski definition) is 2. The van der Waals surface area contributed by atoms with Crippen molar-refractivity contribution in [3.63, 3.8) is 0 Å². The van der Waals surface area contributed by atoms with Gasteiger partial charge in [-0.2, -0.15) is 9.97 Å². The molecule has 2 aromatic rings. The number of anilines is 1. The topological polar surface area (TPSA) is 89.4 Å². The van der Waals surface area contributed by atoms with Crippen LogP contribution in [0.5, 0.6) is 17.8 Å². The number of benzene rings is 1. The van der Waals surface area contributed by atoms with Crippen LogP contribution < -0.4 is 14.8 Å². The lowest BCUT2D eigenvalue weighted by molar-refractivity contribution is 0.218. The summed E-state index contributed by atoms with van der Waals surface area (Å²) in [5, 5.41) is 12.1. The van der Waals surface area contributed by atoms with E-state index in [1.54, 1.807) is 25.2 Å². The van der Waals surface area contributed by atoms with Crippen LogP contribution in [0.25, 0.3) is 0 Å². The molecule has 2 N–H and O–H groups in total. The maximum atomic E-state index is 9.30. The van der Waals surface area contributed by atoms with Gasteiger partial charge >= 0.3 is 12.0 Å². The van der Waals surface area contributed by atoms with Crippen molar-refractivity contribution < 1.29 is 14.6 Å². The summed E-state index contributed by atoms with van der Waals surface area (Å²) in [7, 11) is 1.69. The zero-order valence-corrected chi connectivity index (χ0v) is 12.2. The molecule has 7 nitrogen and oxygen atoms in total. The van der Waals surface area contributed by atoms with Gasteiger partial charge in [-0.05, 0) is 19.9 Å². The highest BCUT2D eigenvalue weighted by atomic mass is 16.5. The van der Waals surface area contributed by atoms with E-state index in [2.05, 4.69) is 20.3 Å². The van der Waals surface area contributed by atoms with Gasteiger partial charge in [0, 0.05) is 12.6 Å². The van der Waals surface area contributed by atoms with Gasteiger partial charge in [0.2, 0.25) is 5.95 Å². The summed E-state index contributed by atoms with van der Waals surface area (Å²) >= 11 is 0. The largest absolute Gasteiger partial charge is 0.461 e. The Balaban J connectivity index is 2.30. The van der Waals surface area contributed by atoms with Crippen LogP contribution in [0.15, 0.2) is 24.3 Å². The maximum absolute atomic E-state index is 9.30. The van der Waals surface area contributed by atoms with Crippen molar-refractivity contribution >= 4 is 5.95 Å². The SMILES string of the molecule is CNc1nc(Oc2ccccc2CO)nc(OC(C)C)n1. The van der Waals surface area contributed by atoms with Crippen LogP contribution in [-0.4, -0.2) is 33.2 Å². The summed E-state index contributed by atoms with van der Waals surface area (Å²) < 4.78 is 11.1. The van der Waals surface area contributed by atoms with Crippen molar-refractivity contribution in [3.05, 3.63) is 29.8 Å². The number of para-hydroxylation sites is 1. The van der Waals surface area contributed by atoms with E-state index in [4.69, 9.17) is 9.47 Å². The molecule has 0 unspecified atom stereocenters. The molecule has 0 radical (unpaired) electrons. The average Bonchev–Trinajstić information content (AvgIpc) is 2.46. The third-order valence-electron chi connectivity index (χ3n) is 2.50. The second-order valence-electron chi connectivity index (χ2n) is 4.51. The molecule has 0 bridgehead atoms. The van der Waals surface area contributed by atoms with Crippen molar-refractivity contribution in [2.24, 2.45) is 0 Å². The highest BCUT2D eigenvalue weighted by Gasteiger charge is 2.11. The fourth-order valence-electron chi connectivity index (χ4n) is 1.59. The lowest BCUT2D eigenvalue weighted by atomic mass is 10.2. The van der Waals surface area contributed by atoms with E-state index in [0.29, 0.717) is 17.3 Å². The molecule has 0 fully saturated rings. The van der Waals surface area contributed by atoms with E-state index in [1.807, 2.05) is 19.9 Å². The van der Waals surface area contributed by atoms with Gasteiger partial charge in [0.05, 0.1) is 12.7 Å². The summed E-state index contributed by atoms with van der Waals surface area (Å²) in [6.45, 7) is 3.63. The normalized spacial score (nSPS) is 10.5. The van der Waals surface area contributed by atoms with E-state index >= 15 is 0 Å². The quantitative estimate of drug-likeness (QED) is 0.840. The van der Waals surface area contributed by atoms with Gasteiger partial charge in [0.25, 0.3) is 0 Å². The van der Waals surface area contributed by atoms with Gasteiger partial charge in [0.1, 0.15) is 5.75 Å². The zero-order valence-electron chi connectivity index (χ0n) is 12.2. The molecule has 0 spiro atoms. The molecular weight excluding hydrogens is 272 g/mol. The van der Waals surface area contributed by atoms with Crippen molar-refractivity contribution in [3.8, 4) is 17.8 Å². The van der Waals surface area contributed by atoms with E-state index < -0.39 is 0 Å². The van der Waals surface area contributed by atoms with Gasteiger partial charge in [-0.15, -0.1) is 4.98 Å². The summed E-state index contributed by atoms with van der Waals surface area (Å²) in [5.41, 5.74) is 0.648. The standard InChI is InChI=1S/C14H18N4O3/c1-9(2)20-13-16-12(15-3)17-14(18-13)21-11-7-5-4-6-10(11)8-19/h4-7,9,19H,8H2,1-3H3,(H,15,16,17,18). The van der Waals surface area contributed by atoms with Crippen molar-refractivity contribution in [1.82, 2.24) is 15.0 Å². The molecule has 2 rings (SSSR count). The van der Waals surface area contributed by atoms with E-state index in [9.17, 15) is 5.11 Å². The van der Waals surface area contributed by atoms with Gasteiger partial charge in [-0.3, -0.25) is 0 Å². The predicted octanol–water partition coefficient (Wildman–Crippen LogP) is 1.99. The van der Waals surface area contributed by atoms with Crippen LogP contribution in [0.2, 0.25) is 0 Å². The monoisotopic (exact) mass is 290 g/mol. The summed E-state index contributed by atoms with van der Waals surface area (Å²) in [6.07, 6.45) is -0.0605. The molecule has 1 heterocycles. The van der Waals surface area contributed by atoms with Crippen LogP contribution >= 0.6 is 0 Å². The van der Waals surface area contributed by atoms with Crippen LogP contribution in [0.3, 0.4) is 0 Å². The minimum Gasteiger partial charge on any atom is -0.461 e. The highest BCUT2D eigenvalue weighted by Crippen LogP contribution is 2.24. The Kier molecular flexibility index (Phi) is 4.89. The number of hydrogen-bond acceptors (Lipinski definition) is 7. The van der Waals surface area contributed by atoms with Crippen molar-refractivity contribution in [1.29, 1.82) is 0 Å². The molecule has 0 aliphatic heterocycles. The fourth-order valence-corrected chi connectivity index (χ4v) is 1.59. The summed E-state index contributed by atoms with van der Waals surface area (Å²) in [6, 6.07) is 7.41. The van der Waals surface area contributed by atoms with E-state index in [-0.39, 0.29) is 24.7 Å². The minimum atomic E-state index is -0.129. The number of aromatic nitrogens is 3. The number of nitrogens with one attached hydrogen (secondary N) is 1. The summed E-state index contributed by atoms with van der Waals surface area (Å²) in [4.78, 5) is 12.3. The Hall–Kier alpha value is -2.41. The molecule has 7 heteroatoms. The van der Waals surface area contributed by atoms with E-state index in [1.165, 1.54) is 0 Å². The second kappa shape index (κ2) is 6.85. The first-order valence-corrected chi connectivity index (χ1v) is 6.59. The van der Waals surface area contributed by atoms with E-state index in [0.717, 1.165) is 0 Å². The second-order valence-corrected chi connectivity index (χ2v) is 4.51. The zero-order chi connectivity index (χ0) is 15.2. The lowest BCUT2D eigenvalue weighted by Crippen LogP contribution is -2.11. The van der Waals surface area contributed by atoms with Gasteiger partial charge < -0.3 is 19.9 Å². The van der Waals surface area contributed by atoms with Crippen LogP contribution in [0, 0.1) is 0 Å². The highest BCUT2D eigenvalue weighted by molar-refractivity contribution is 5.35. The number of rotatable bonds is 6. The third-order valence-corrected chi connectivity index (χ3v) is 2.50. The smallest absolute Gasteiger partial charge is 0.330 e. The molecule has 112 valence electrons. The Morgan fingerprint density at radius 1 is 1.14 bits per heavy atom. The molecule has 0 aliphatic rings. The predicted molar refractivity (Wildman–Crippen MR) is 77.6 cm³/mol. The van der Waals surface area contributed by atoms with Gasteiger partial charge in [-0.1, -0.05) is 18.2 Å². The molecule has 0 aliphatic carbocycles. The number of ether oxygens (including phenoxy) is 2. The molecule has 0 atom stereocenters. The lowest BCUT2D eigenvalue weighted by Gasteiger charge is -2.11. The number of nitrogens with zero attached hydrogens (tertiary/aromatic N) is 3. The summed E-state index contributed by atoms with van der Waals surface area (Å²) in [5.74, 6) is 0.834. The van der Waals surface area contributed by atoms with Crippen LogP contribution in [0.4, 0.5) is 5.95 Å².